The van der Waals surface area contributed by atoms with Gasteiger partial charge in [0.25, 0.3) is 10.0 Å². The summed E-state index contributed by atoms with van der Waals surface area (Å²) in [5.74, 6) is -1.31. The van der Waals surface area contributed by atoms with Gasteiger partial charge in [-0.3, -0.25) is 4.72 Å². The molecule has 0 saturated heterocycles. The molecule has 3 rings (SSSR count). The van der Waals surface area contributed by atoms with Gasteiger partial charge in [0.05, 0.1) is 16.1 Å². The first-order valence-electron chi connectivity index (χ1n) is 8.68. The molecule has 2 N–H and O–H groups in total. The maximum Gasteiger partial charge on any atom is 0.419 e. The lowest BCUT2D eigenvalue weighted by atomic mass is 10.2. The maximum atomic E-state index is 12.6. The fourth-order valence-corrected chi connectivity index (χ4v) is 3.81. The maximum absolute atomic E-state index is 12.6. The molecule has 0 spiro atoms. The van der Waals surface area contributed by atoms with Gasteiger partial charge < -0.3 is 9.84 Å². The number of carboxylic acid groups (broad SMARTS) is 1. The molecule has 0 unspecified atom stereocenters. The molecule has 152 valence electrons. The second-order valence-corrected chi connectivity index (χ2v) is 9.03. The van der Waals surface area contributed by atoms with E-state index in [1.165, 1.54) is 36.4 Å². The highest BCUT2D eigenvalue weighted by Crippen LogP contribution is 2.26. The fourth-order valence-electron chi connectivity index (χ4n) is 2.74. The highest BCUT2D eigenvalue weighted by Gasteiger charge is 2.25. The summed E-state index contributed by atoms with van der Waals surface area (Å²) in [6.45, 7) is 4.99. The molecule has 29 heavy (non-hydrogen) atoms. The molecule has 0 bridgehead atoms. The smallest absolute Gasteiger partial charge is 0.419 e. The topological polar surface area (TPSA) is 115 Å². The van der Waals surface area contributed by atoms with Crippen LogP contribution in [0, 0.1) is 0 Å². The minimum absolute atomic E-state index is 0.0776. The number of benzene rings is 2. The number of hydrogen-bond donors (Lipinski definition) is 2. The lowest BCUT2D eigenvalue weighted by Crippen LogP contribution is -2.28. The molecule has 9 heteroatoms. The Morgan fingerprint density at radius 1 is 1.03 bits per heavy atom. The molecule has 1 aromatic heterocycles. The zero-order valence-corrected chi connectivity index (χ0v) is 16.9. The molecule has 0 aliphatic carbocycles. The number of aromatic carboxylic acids is 1. The van der Waals surface area contributed by atoms with Gasteiger partial charge in [-0.2, -0.15) is 0 Å². The molecule has 8 nitrogen and oxygen atoms in total. The second kappa shape index (κ2) is 7.25. The Morgan fingerprint density at radius 2 is 1.69 bits per heavy atom. The molecule has 0 amide bonds. The van der Waals surface area contributed by atoms with Crippen LogP contribution in [0.1, 0.15) is 31.3 Å². The summed E-state index contributed by atoms with van der Waals surface area (Å²) in [6, 6.07) is 13.6. The molecule has 0 radical (unpaired) electrons. The third-order valence-electron chi connectivity index (χ3n) is 3.91. The van der Waals surface area contributed by atoms with Gasteiger partial charge in [-0.1, -0.05) is 24.3 Å². The van der Waals surface area contributed by atoms with Crippen molar-refractivity contribution in [3.63, 3.8) is 0 Å². The van der Waals surface area contributed by atoms with Crippen LogP contribution in [0.15, 0.2) is 59.5 Å². The molecule has 2 aromatic carbocycles. The number of anilines is 1. The van der Waals surface area contributed by atoms with Crippen molar-refractivity contribution in [2.45, 2.75) is 31.3 Å². The molecule has 0 aliphatic rings. The number of ether oxygens (including phenoxy) is 1. The van der Waals surface area contributed by atoms with E-state index in [9.17, 15) is 23.1 Å². The van der Waals surface area contributed by atoms with Crippen molar-refractivity contribution >= 4 is 38.7 Å². The number of nitrogens with zero attached hydrogens (tertiary/aromatic N) is 1. The number of carbonyl (C=O) groups is 2. The number of carboxylic acids is 1. The van der Waals surface area contributed by atoms with Gasteiger partial charge in [0.1, 0.15) is 11.3 Å². The van der Waals surface area contributed by atoms with Crippen molar-refractivity contribution in [3.8, 4) is 0 Å². The molecule has 1 heterocycles. The minimum Gasteiger partial charge on any atom is -0.477 e. The van der Waals surface area contributed by atoms with E-state index in [1.807, 2.05) is 0 Å². The van der Waals surface area contributed by atoms with Gasteiger partial charge >= 0.3 is 12.1 Å². The second-order valence-electron chi connectivity index (χ2n) is 7.34. The van der Waals surface area contributed by atoms with Gasteiger partial charge in [-0.25, -0.2) is 22.6 Å². The number of hydrogen-bond acceptors (Lipinski definition) is 5. The lowest BCUT2D eigenvalue weighted by molar-refractivity contribution is 0.0513. The van der Waals surface area contributed by atoms with Crippen LogP contribution in [0.5, 0.6) is 0 Å². The molecular formula is C20H20N2O6S. The molecule has 0 aliphatic heterocycles. The van der Waals surface area contributed by atoms with Crippen molar-refractivity contribution in [1.29, 1.82) is 0 Å². The van der Waals surface area contributed by atoms with Crippen molar-refractivity contribution < 1.29 is 27.9 Å². The van der Waals surface area contributed by atoms with E-state index in [1.54, 1.807) is 39.0 Å². The molecule has 0 fully saturated rings. The Labute approximate surface area is 167 Å². The Bertz CT molecular complexity index is 1190. The van der Waals surface area contributed by atoms with E-state index in [-0.39, 0.29) is 21.8 Å². The summed E-state index contributed by atoms with van der Waals surface area (Å²) in [4.78, 5) is 24.3. The molecule has 3 aromatic rings. The third-order valence-corrected chi connectivity index (χ3v) is 5.30. The standard InChI is InChI=1S/C20H20N2O6S/c1-20(2,3)28-19(25)22-16-12-14(10-9-13(16)11-17(22)18(23)24)21-29(26,27)15-7-5-4-6-8-15/h4-12,21H,1-3H3,(H,23,24). The first-order chi connectivity index (χ1) is 13.5. The van der Waals surface area contributed by atoms with Gasteiger partial charge in [-0.15, -0.1) is 0 Å². The molecular weight excluding hydrogens is 396 g/mol. The normalized spacial score (nSPS) is 12.0. The first-order valence-corrected chi connectivity index (χ1v) is 10.2. The largest absolute Gasteiger partial charge is 0.477 e. The Hall–Kier alpha value is -3.33. The number of carbonyl (C=O) groups excluding carboxylic acids is 1. The summed E-state index contributed by atoms with van der Waals surface area (Å²) in [5.41, 5.74) is -0.723. The van der Waals surface area contributed by atoms with Crippen LogP contribution in [0.4, 0.5) is 10.5 Å². The van der Waals surface area contributed by atoms with Crippen LogP contribution in [0.2, 0.25) is 0 Å². The Morgan fingerprint density at radius 3 is 2.28 bits per heavy atom. The lowest BCUT2D eigenvalue weighted by Gasteiger charge is -2.20. The van der Waals surface area contributed by atoms with Crippen LogP contribution in [0.3, 0.4) is 0 Å². The zero-order chi connectivity index (χ0) is 21.4. The number of rotatable bonds is 4. The highest BCUT2D eigenvalue weighted by molar-refractivity contribution is 7.92. The van der Waals surface area contributed by atoms with E-state index in [0.29, 0.717) is 5.39 Å². The first kappa shape index (κ1) is 20.4. The van der Waals surface area contributed by atoms with Gasteiger partial charge in [0.2, 0.25) is 0 Å². The molecule has 0 atom stereocenters. The highest BCUT2D eigenvalue weighted by atomic mass is 32.2. The van der Waals surface area contributed by atoms with Crippen LogP contribution in [-0.2, 0) is 14.8 Å². The predicted octanol–water partition coefficient (Wildman–Crippen LogP) is 3.92. The van der Waals surface area contributed by atoms with Crippen LogP contribution < -0.4 is 4.72 Å². The summed E-state index contributed by atoms with van der Waals surface area (Å²) >= 11 is 0. The van der Waals surface area contributed by atoms with E-state index in [2.05, 4.69) is 4.72 Å². The minimum atomic E-state index is -3.85. The van der Waals surface area contributed by atoms with E-state index in [0.717, 1.165) is 4.57 Å². The SMILES string of the molecule is CC(C)(C)OC(=O)n1c(C(=O)O)cc2ccc(NS(=O)(=O)c3ccccc3)cc21. The predicted molar refractivity (Wildman–Crippen MR) is 108 cm³/mol. The van der Waals surface area contributed by atoms with Crippen molar-refractivity contribution in [1.82, 2.24) is 4.57 Å². The van der Waals surface area contributed by atoms with Crippen molar-refractivity contribution in [2.24, 2.45) is 0 Å². The number of fused-ring (bicyclic) bond motifs is 1. The fraction of sp³-hybridized carbons (Fsp3) is 0.200. The zero-order valence-electron chi connectivity index (χ0n) is 16.0. The van der Waals surface area contributed by atoms with Crippen LogP contribution in [0.25, 0.3) is 10.9 Å². The van der Waals surface area contributed by atoms with E-state index in [4.69, 9.17) is 4.74 Å². The summed E-state index contributed by atoms with van der Waals surface area (Å²) < 4.78 is 33.8. The Balaban J connectivity index is 2.08. The molecule has 0 saturated carbocycles. The van der Waals surface area contributed by atoms with Gasteiger partial charge in [-0.05, 0) is 51.1 Å². The number of sulfonamides is 1. The number of nitrogens with one attached hydrogen (secondary N) is 1. The third kappa shape index (κ3) is 4.40. The van der Waals surface area contributed by atoms with E-state index >= 15 is 0 Å². The average Bonchev–Trinajstić information content (AvgIpc) is 3.00. The monoisotopic (exact) mass is 416 g/mol. The summed E-state index contributed by atoms with van der Waals surface area (Å²) in [7, 11) is -3.85. The van der Waals surface area contributed by atoms with Crippen LogP contribution >= 0.6 is 0 Å². The van der Waals surface area contributed by atoms with Gasteiger partial charge in [0.15, 0.2) is 0 Å². The number of aromatic nitrogens is 1. The van der Waals surface area contributed by atoms with Crippen molar-refractivity contribution in [3.05, 3.63) is 60.3 Å². The average molecular weight is 416 g/mol. The summed E-state index contributed by atoms with van der Waals surface area (Å²) in [6.07, 6.45) is -0.868. The van der Waals surface area contributed by atoms with Crippen molar-refractivity contribution in [2.75, 3.05) is 4.72 Å². The van der Waals surface area contributed by atoms with E-state index < -0.39 is 27.7 Å². The van der Waals surface area contributed by atoms with Crippen LogP contribution in [-0.4, -0.2) is 35.8 Å². The summed E-state index contributed by atoms with van der Waals surface area (Å²) in [5, 5.41) is 9.93. The Kier molecular flexibility index (Phi) is 5.10. The van der Waals surface area contributed by atoms with Gasteiger partial charge in [0, 0.05) is 5.39 Å². The quantitative estimate of drug-likeness (QED) is 0.666.